The first-order valence-electron chi connectivity index (χ1n) is 11.2. The van der Waals surface area contributed by atoms with E-state index in [-0.39, 0.29) is 17.9 Å². The third-order valence-electron chi connectivity index (χ3n) is 6.05. The highest BCUT2D eigenvalue weighted by atomic mass is 35.5. The molecule has 1 aliphatic heterocycles. The summed E-state index contributed by atoms with van der Waals surface area (Å²) < 4.78 is 5.74. The Balaban J connectivity index is 1.58. The van der Waals surface area contributed by atoms with Crippen LogP contribution in [0.4, 0.5) is 0 Å². The number of benzene rings is 2. The Kier molecular flexibility index (Phi) is 6.15. The molecule has 1 amide bonds. The molecule has 1 atom stereocenters. The van der Waals surface area contributed by atoms with Gasteiger partial charge in [0.05, 0.1) is 29.4 Å². The predicted octanol–water partition coefficient (Wildman–Crippen LogP) is 6.98. The number of amides is 1. The maximum absolute atomic E-state index is 13.5. The molecule has 0 aliphatic carbocycles. The lowest BCUT2D eigenvalue weighted by Crippen LogP contribution is -2.33. The van der Waals surface area contributed by atoms with Gasteiger partial charge in [-0.1, -0.05) is 55.2 Å². The zero-order valence-corrected chi connectivity index (χ0v) is 20.3. The van der Waals surface area contributed by atoms with Crippen molar-refractivity contribution in [1.82, 2.24) is 15.3 Å². The maximum atomic E-state index is 13.5. The van der Waals surface area contributed by atoms with E-state index in [2.05, 4.69) is 29.1 Å². The maximum Gasteiger partial charge on any atom is 0.253 e. The summed E-state index contributed by atoms with van der Waals surface area (Å²) in [5.41, 5.74) is 4.64. The van der Waals surface area contributed by atoms with Gasteiger partial charge in [-0.05, 0) is 41.8 Å². The van der Waals surface area contributed by atoms with E-state index in [1.165, 1.54) is 0 Å². The normalized spacial score (nSPS) is 15.1. The van der Waals surface area contributed by atoms with Crippen molar-refractivity contribution in [2.75, 3.05) is 6.61 Å². The standard InChI is InChI=1S/C27H23Cl2N3O2/c1-15(2)24-20-7-9-30-25(16-11-17(28)13-18(29)12-16)26(20)31-14-21(24)27(33)32-22-8-10-34-23-6-4-3-5-19(22)23/h3-7,9,11-15,22H,8,10H2,1-2H3,(H,32,33)/t22-/m0/s1. The summed E-state index contributed by atoms with van der Waals surface area (Å²) in [6, 6.07) is 14.9. The largest absolute Gasteiger partial charge is 0.493 e. The van der Waals surface area contributed by atoms with Crippen LogP contribution in [0, 0.1) is 0 Å². The Labute approximate surface area is 208 Å². The highest BCUT2D eigenvalue weighted by Gasteiger charge is 2.26. The third-order valence-corrected chi connectivity index (χ3v) is 6.49. The Morgan fingerprint density at radius 1 is 1.09 bits per heavy atom. The number of para-hydroxylation sites is 1. The monoisotopic (exact) mass is 491 g/mol. The van der Waals surface area contributed by atoms with Crippen LogP contribution < -0.4 is 10.1 Å². The van der Waals surface area contributed by atoms with Crippen LogP contribution in [-0.4, -0.2) is 22.5 Å². The second-order valence-electron chi connectivity index (χ2n) is 8.66. The molecule has 0 bridgehead atoms. The molecule has 0 saturated heterocycles. The van der Waals surface area contributed by atoms with Crippen molar-refractivity contribution in [1.29, 1.82) is 0 Å². The minimum Gasteiger partial charge on any atom is -0.493 e. The van der Waals surface area contributed by atoms with Crippen molar-refractivity contribution in [2.24, 2.45) is 0 Å². The summed E-state index contributed by atoms with van der Waals surface area (Å²) in [4.78, 5) is 22.7. The van der Waals surface area contributed by atoms with Crippen LogP contribution in [0.5, 0.6) is 5.75 Å². The van der Waals surface area contributed by atoms with Gasteiger partial charge in [0.2, 0.25) is 0 Å². The fraction of sp³-hybridized carbons (Fsp3) is 0.222. The molecule has 4 aromatic rings. The molecule has 0 saturated carbocycles. The van der Waals surface area contributed by atoms with Crippen LogP contribution in [0.3, 0.4) is 0 Å². The number of halogens is 2. The fourth-order valence-electron chi connectivity index (χ4n) is 4.58. The van der Waals surface area contributed by atoms with Crippen molar-refractivity contribution in [2.45, 2.75) is 32.2 Å². The highest BCUT2D eigenvalue weighted by Crippen LogP contribution is 2.35. The first-order valence-corrected chi connectivity index (χ1v) is 11.9. The molecule has 0 radical (unpaired) electrons. The summed E-state index contributed by atoms with van der Waals surface area (Å²) >= 11 is 12.5. The van der Waals surface area contributed by atoms with E-state index >= 15 is 0 Å². The molecule has 5 nitrogen and oxygen atoms in total. The number of nitrogens with zero attached hydrogens (tertiary/aromatic N) is 2. The van der Waals surface area contributed by atoms with Crippen molar-refractivity contribution < 1.29 is 9.53 Å². The van der Waals surface area contributed by atoms with Crippen LogP contribution >= 0.6 is 23.2 Å². The zero-order valence-electron chi connectivity index (χ0n) is 18.8. The molecule has 2 aromatic carbocycles. The van der Waals surface area contributed by atoms with E-state index in [1.54, 1.807) is 18.5 Å². The number of hydrogen-bond donors (Lipinski definition) is 1. The summed E-state index contributed by atoms with van der Waals surface area (Å²) in [5.74, 6) is 0.756. The fourth-order valence-corrected chi connectivity index (χ4v) is 5.10. The Hall–Kier alpha value is -3.15. The first-order chi connectivity index (χ1) is 16.4. The quantitative estimate of drug-likeness (QED) is 0.334. The molecule has 3 heterocycles. The van der Waals surface area contributed by atoms with Gasteiger partial charge in [0.25, 0.3) is 5.91 Å². The van der Waals surface area contributed by atoms with Gasteiger partial charge in [-0.25, -0.2) is 0 Å². The number of carbonyl (C=O) groups excluding carboxylic acids is 1. The van der Waals surface area contributed by atoms with E-state index in [0.717, 1.165) is 27.8 Å². The average Bonchev–Trinajstić information content (AvgIpc) is 2.82. The smallest absolute Gasteiger partial charge is 0.253 e. The number of rotatable bonds is 4. The van der Waals surface area contributed by atoms with Gasteiger partial charge in [0, 0.05) is 45.4 Å². The molecule has 0 spiro atoms. The average molecular weight is 492 g/mol. The van der Waals surface area contributed by atoms with E-state index in [9.17, 15) is 4.79 Å². The highest BCUT2D eigenvalue weighted by molar-refractivity contribution is 6.35. The minimum absolute atomic E-state index is 0.0893. The number of ether oxygens (including phenoxy) is 1. The Bertz CT molecular complexity index is 1380. The van der Waals surface area contributed by atoms with E-state index in [0.29, 0.717) is 39.8 Å². The van der Waals surface area contributed by atoms with Gasteiger partial charge >= 0.3 is 0 Å². The summed E-state index contributed by atoms with van der Waals surface area (Å²) in [5, 5.41) is 5.14. The van der Waals surface area contributed by atoms with Crippen molar-refractivity contribution >= 4 is 40.0 Å². The van der Waals surface area contributed by atoms with Gasteiger partial charge in [0.1, 0.15) is 5.75 Å². The number of fused-ring (bicyclic) bond motifs is 2. The van der Waals surface area contributed by atoms with Gasteiger partial charge in [0.15, 0.2) is 0 Å². The predicted molar refractivity (Wildman–Crippen MR) is 136 cm³/mol. The third kappa shape index (κ3) is 4.22. The van der Waals surface area contributed by atoms with Crippen molar-refractivity contribution in [3.63, 3.8) is 0 Å². The van der Waals surface area contributed by atoms with E-state index in [4.69, 9.17) is 27.9 Å². The molecule has 0 fully saturated rings. The molecule has 7 heteroatoms. The SMILES string of the molecule is CC(C)c1c(C(=O)N[C@H]2CCOc3ccccc32)cnc2c(-c3cc(Cl)cc(Cl)c3)nccc12. The Morgan fingerprint density at radius 2 is 1.85 bits per heavy atom. The molecule has 1 N–H and O–H groups in total. The van der Waals surface area contributed by atoms with Crippen LogP contribution in [0.25, 0.3) is 22.2 Å². The minimum atomic E-state index is -0.149. The zero-order chi connectivity index (χ0) is 23.8. The number of carbonyl (C=O) groups is 1. The first kappa shape index (κ1) is 22.6. The molecule has 34 heavy (non-hydrogen) atoms. The molecule has 1 aliphatic rings. The van der Waals surface area contributed by atoms with Crippen LogP contribution in [0.1, 0.15) is 53.7 Å². The van der Waals surface area contributed by atoms with E-state index < -0.39 is 0 Å². The van der Waals surface area contributed by atoms with Gasteiger partial charge in [-0.2, -0.15) is 0 Å². The topological polar surface area (TPSA) is 64.1 Å². The van der Waals surface area contributed by atoms with E-state index in [1.807, 2.05) is 42.5 Å². The second kappa shape index (κ2) is 9.24. The van der Waals surface area contributed by atoms with Gasteiger partial charge in [-0.3, -0.25) is 14.8 Å². The molecule has 172 valence electrons. The lowest BCUT2D eigenvalue weighted by molar-refractivity contribution is 0.0923. The second-order valence-corrected chi connectivity index (χ2v) is 9.53. The lowest BCUT2D eigenvalue weighted by atomic mass is 9.92. The number of pyridine rings is 2. The summed E-state index contributed by atoms with van der Waals surface area (Å²) in [7, 11) is 0. The number of nitrogens with one attached hydrogen (secondary N) is 1. The number of hydrogen-bond acceptors (Lipinski definition) is 4. The molecule has 0 unspecified atom stereocenters. The lowest BCUT2D eigenvalue weighted by Gasteiger charge is -2.27. The molecule has 5 rings (SSSR count). The summed E-state index contributed by atoms with van der Waals surface area (Å²) in [6.07, 6.45) is 4.09. The Morgan fingerprint density at radius 3 is 2.62 bits per heavy atom. The molecular formula is C27H23Cl2N3O2. The van der Waals surface area contributed by atoms with Crippen molar-refractivity contribution in [3.05, 3.63) is 87.7 Å². The summed E-state index contributed by atoms with van der Waals surface area (Å²) in [6.45, 7) is 4.71. The number of aromatic nitrogens is 2. The van der Waals surface area contributed by atoms with Gasteiger partial charge < -0.3 is 10.1 Å². The van der Waals surface area contributed by atoms with Gasteiger partial charge in [-0.15, -0.1) is 0 Å². The van der Waals surface area contributed by atoms with Crippen LogP contribution in [0.15, 0.2) is 60.9 Å². The van der Waals surface area contributed by atoms with Crippen LogP contribution in [-0.2, 0) is 0 Å². The molecular weight excluding hydrogens is 469 g/mol. The molecule has 2 aromatic heterocycles. The van der Waals surface area contributed by atoms with Crippen molar-refractivity contribution in [3.8, 4) is 17.0 Å². The van der Waals surface area contributed by atoms with Crippen LogP contribution in [0.2, 0.25) is 10.0 Å².